The zero-order valence-electron chi connectivity index (χ0n) is 15.9. The van der Waals surface area contributed by atoms with Gasteiger partial charge in [0.15, 0.2) is 0 Å². The van der Waals surface area contributed by atoms with Crippen LogP contribution in [0.5, 0.6) is 0 Å². The summed E-state index contributed by atoms with van der Waals surface area (Å²) in [5.74, 6) is 2.31. The van der Waals surface area contributed by atoms with E-state index in [1.165, 1.54) is 38.5 Å². The van der Waals surface area contributed by atoms with Crippen molar-refractivity contribution in [3.8, 4) is 0 Å². The Balaban J connectivity index is 1.67. The van der Waals surface area contributed by atoms with Crippen LogP contribution in [0.4, 0.5) is 0 Å². The van der Waals surface area contributed by atoms with E-state index in [1.807, 2.05) is 0 Å². The molecule has 2 aliphatic carbocycles. The molecule has 0 amide bonds. The van der Waals surface area contributed by atoms with Gasteiger partial charge in [-0.05, 0) is 62.2 Å². The monoisotopic (exact) mass is 340 g/mol. The first kappa shape index (κ1) is 20.2. The number of hydrogen-bond acceptors (Lipinski definition) is 3. The Morgan fingerprint density at radius 1 is 0.833 bits per heavy atom. The van der Waals surface area contributed by atoms with Gasteiger partial charge in [0.2, 0.25) is 0 Å². The van der Waals surface area contributed by atoms with Gasteiger partial charge in [0.25, 0.3) is 0 Å². The maximum atomic E-state index is 10.3. The largest absolute Gasteiger partial charge is 0.393 e. The molecule has 0 aromatic carbocycles. The van der Waals surface area contributed by atoms with E-state index in [0.717, 1.165) is 43.9 Å². The number of hydrogen-bond donors (Lipinski definition) is 3. The minimum Gasteiger partial charge on any atom is -0.393 e. The molecule has 0 aromatic heterocycles. The van der Waals surface area contributed by atoms with Crippen LogP contribution in [0.25, 0.3) is 0 Å². The van der Waals surface area contributed by atoms with Gasteiger partial charge in [-0.3, -0.25) is 0 Å². The van der Waals surface area contributed by atoms with Gasteiger partial charge in [0.1, 0.15) is 0 Å². The molecule has 0 saturated heterocycles. The van der Waals surface area contributed by atoms with Crippen LogP contribution < -0.4 is 0 Å². The quantitative estimate of drug-likeness (QED) is 0.465. The topological polar surface area (TPSA) is 60.7 Å². The molecule has 0 unspecified atom stereocenters. The van der Waals surface area contributed by atoms with Crippen LogP contribution in [0.1, 0.15) is 90.9 Å². The fourth-order valence-corrected chi connectivity index (χ4v) is 4.73. The van der Waals surface area contributed by atoms with E-state index in [1.54, 1.807) is 0 Å². The molecule has 142 valence electrons. The SMILES string of the molecule is CCCCC[C@H](O)CC[C@@H]1[C@@H](CCCC[C@@H]2C[C@H]2C)[C@@H](O)C[C@H]1O. The second-order valence-electron chi connectivity index (χ2n) is 8.68. The summed E-state index contributed by atoms with van der Waals surface area (Å²) in [5, 5.41) is 30.8. The van der Waals surface area contributed by atoms with Crippen molar-refractivity contribution in [3.63, 3.8) is 0 Å². The molecule has 0 bridgehead atoms. The molecule has 3 heteroatoms. The van der Waals surface area contributed by atoms with Crippen LogP contribution in [-0.4, -0.2) is 33.6 Å². The summed E-state index contributed by atoms with van der Waals surface area (Å²) in [6, 6.07) is 0. The first-order valence-corrected chi connectivity index (χ1v) is 10.6. The summed E-state index contributed by atoms with van der Waals surface area (Å²) in [6.45, 7) is 4.51. The summed E-state index contributed by atoms with van der Waals surface area (Å²) in [7, 11) is 0. The molecule has 0 spiro atoms. The first-order valence-electron chi connectivity index (χ1n) is 10.6. The molecular formula is C21H40O3. The van der Waals surface area contributed by atoms with Crippen LogP contribution >= 0.6 is 0 Å². The molecule has 24 heavy (non-hydrogen) atoms. The predicted molar refractivity (Wildman–Crippen MR) is 98.7 cm³/mol. The first-order chi connectivity index (χ1) is 11.5. The molecular weight excluding hydrogens is 300 g/mol. The summed E-state index contributed by atoms with van der Waals surface area (Å²) in [4.78, 5) is 0. The second kappa shape index (κ2) is 10.1. The standard InChI is InChI=1S/C21H40O3/c1-3-4-5-9-17(22)11-12-19-18(20(23)14-21(19)24)10-7-6-8-16-13-15(16)2/h15-24H,3-14H2,1-2H3/t15-,16-,17+,18-,19-,20+,21-/m1/s1. The lowest BCUT2D eigenvalue weighted by molar-refractivity contribution is 0.0798. The number of aliphatic hydroxyl groups excluding tert-OH is 3. The predicted octanol–water partition coefficient (Wildman–Crippen LogP) is 4.28. The van der Waals surface area contributed by atoms with Gasteiger partial charge in [-0.2, -0.15) is 0 Å². The van der Waals surface area contributed by atoms with E-state index < -0.39 is 0 Å². The van der Waals surface area contributed by atoms with Crippen molar-refractivity contribution >= 4 is 0 Å². The van der Waals surface area contributed by atoms with Crippen molar-refractivity contribution < 1.29 is 15.3 Å². The van der Waals surface area contributed by atoms with Gasteiger partial charge in [-0.1, -0.05) is 52.4 Å². The minimum absolute atomic E-state index is 0.181. The van der Waals surface area contributed by atoms with Gasteiger partial charge >= 0.3 is 0 Å². The van der Waals surface area contributed by atoms with Crippen LogP contribution in [0, 0.1) is 23.7 Å². The lowest BCUT2D eigenvalue weighted by atomic mass is 9.84. The number of unbranched alkanes of at least 4 members (excludes halogenated alkanes) is 3. The smallest absolute Gasteiger partial charge is 0.0596 e. The number of aliphatic hydroxyl groups is 3. The van der Waals surface area contributed by atoms with Crippen LogP contribution in [0.2, 0.25) is 0 Å². The van der Waals surface area contributed by atoms with Crippen molar-refractivity contribution in [3.05, 3.63) is 0 Å². The zero-order chi connectivity index (χ0) is 17.5. The lowest BCUT2D eigenvalue weighted by Gasteiger charge is -2.24. The van der Waals surface area contributed by atoms with Crippen LogP contribution in [-0.2, 0) is 0 Å². The normalized spacial score (nSPS) is 36.9. The van der Waals surface area contributed by atoms with Gasteiger partial charge in [-0.25, -0.2) is 0 Å². The summed E-state index contributed by atoms with van der Waals surface area (Å²) < 4.78 is 0. The van der Waals surface area contributed by atoms with E-state index >= 15 is 0 Å². The molecule has 3 nitrogen and oxygen atoms in total. The van der Waals surface area contributed by atoms with E-state index in [9.17, 15) is 15.3 Å². The molecule has 7 atom stereocenters. The van der Waals surface area contributed by atoms with Crippen LogP contribution in [0.15, 0.2) is 0 Å². The number of rotatable bonds is 12. The van der Waals surface area contributed by atoms with Crippen molar-refractivity contribution in [1.82, 2.24) is 0 Å². The Morgan fingerprint density at radius 3 is 2.08 bits per heavy atom. The molecule has 2 aliphatic rings. The van der Waals surface area contributed by atoms with E-state index in [2.05, 4.69) is 13.8 Å². The van der Waals surface area contributed by atoms with Gasteiger partial charge in [-0.15, -0.1) is 0 Å². The molecule has 2 fully saturated rings. The Labute approximate surface area is 148 Å². The molecule has 2 rings (SSSR count). The van der Waals surface area contributed by atoms with Crippen molar-refractivity contribution in [2.75, 3.05) is 0 Å². The molecule has 0 radical (unpaired) electrons. The Hall–Kier alpha value is -0.120. The van der Waals surface area contributed by atoms with Crippen molar-refractivity contribution in [2.24, 2.45) is 23.7 Å². The summed E-state index contributed by atoms with van der Waals surface area (Å²) in [5.41, 5.74) is 0. The van der Waals surface area contributed by atoms with Crippen LogP contribution in [0.3, 0.4) is 0 Å². The lowest BCUT2D eigenvalue weighted by Crippen LogP contribution is -2.24. The summed E-state index contributed by atoms with van der Waals surface area (Å²) >= 11 is 0. The maximum Gasteiger partial charge on any atom is 0.0596 e. The molecule has 0 aromatic rings. The molecule has 0 aliphatic heterocycles. The molecule has 2 saturated carbocycles. The zero-order valence-corrected chi connectivity index (χ0v) is 15.9. The van der Waals surface area contributed by atoms with E-state index in [4.69, 9.17) is 0 Å². The molecule has 0 heterocycles. The summed E-state index contributed by atoms with van der Waals surface area (Å²) in [6.07, 6.45) is 11.8. The van der Waals surface area contributed by atoms with Gasteiger partial charge in [0, 0.05) is 0 Å². The second-order valence-corrected chi connectivity index (χ2v) is 8.68. The van der Waals surface area contributed by atoms with E-state index in [0.29, 0.717) is 6.42 Å². The highest BCUT2D eigenvalue weighted by Gasteiger charge is 2.41. The van der Waals surface area contributed by atoms with Gasteiger partial charge < -0.3 is 15.3 Å². The fourth-order valence-electron chi connectivity index (χ4n) is 4.73. The third-order valence-corrected chi connectivity index (χ3v) is 6.63. The maximum absolute atomic E-state index is 10.3. The average Bonchev–Trinajstić information content (AvgIpc) is 3.17. The van der Waals surface area contributed by atoms with E-state index in [-0.39, 0.29) is 30.1 Å². The van der Waals surface area contributed by atoms with Crippen molar-refractivity contribution in [1.29, 1.82) is 0 Å². The Kier molecular flexibility index (Phi) is 8.53. The highest BCUT2D eigenvalue weighted by Crippen LogP contribution is 2.43. The minimum atomic E-state index is -0.378. The Bertz CT molecular complexity index is 346. The average molecular weight is 341 g/mol. The third kappa shape index (κ3) is 6.31. The highest BCUT2D eigenvalue weighted by molar-refractivity contribution is 4.91. The third-order valence-electron chi connectivity index (χ3n) is 6.63. The molecule has 3 N–H and O–H groups in total. The highest BCUT2D eigenvalue weighted by atomic mass is 16.3. The van der Waals surface area contributed by atoms with Gasteiger partial charge in [0.05, 0.1) is 18.3 Å². The van der Waals surface area contributed by atoms with Crippen molar-refractivity contribution in [2.45, 2.75) is 109 Å². The Morgan fingerprint density at radius 2 is 1.46 bits per heavy atom. The fraction of sp³-hybridized carbons (Fsp3) is 1.00.